The molecule has 3 aromatic rings. The van der Waals surface area contributed by atoms with Crippen LogP contribution in [0.15, 0.2) is 102 Å². The van der Waals surface area contributed by atoms with Gasteiger partial charge in [0.25, 0.3) is 5.91 Å². The highest BCUT2D eigenvalue weighted by molar-refractivity contribution is 6.09. The molecule has 0 fully saturated rings. The van der Waals surface area contributed by atoms with Crippen molar-refractivity contribution in [1.82, 2.24) is 10.3 Å². The number of hydrogen-bond acceptors (Lipinski definition) is 5. The number of ketones is 1. The topological polar surface area (TPSA) is 80.3 Å². The monoisotopic (exact) mass is 465 g/mol. The maximum Gasteiger partial charge on any atom is 0.255 e. The summed E-state index contributed by atoms with van der Waals surface area (Å²) in [5.74, 6) is 0.492. The molecule has 0 unspecified atom stereocenters. The zero-order valence-electron chi connectivity index (χ0n) is 19.7. The molecule has 2 heterocycles. The molecule has 2 aromatic carbocycles. The van der Waals surface area contributed by atoms with Gasteiger partial charge in [-0.1, -0.05) is 48.5 Å². The van der Waals surface area contributed by atoms with E-state index in [-0.39, 0.29) is 17.6 Å². The molecule has 2 atom stereocenters. The Balaban J connectivity index is 1.58. The highest BCUT2D eigenvalue weighted by Crippen LogP contribution is 2.46. The number of aromatic nitrogens is 1. The molecule has 0 radical (unpaired) electrons. The summed E-state index contributed by atoms with van der Waals surface area (Å²) in [4.78, 5) is 31.5. The third kappa shape index (κ3) is 4.47. The van der Waals surface area contributed by atoms with Crippen LogP contribution < -0.4 is 15.4 Å². The Labute approximate surface area is 204 Å². The van der Waals surface area contributed by atoms with Crippen molar-refractivity contribution in [2.45, 2.75) is 31.6 Å². The van der Waals surface area contributed by atoms with Crippen molar-refractivity contribution in [3.8, 4) is 5.75 Å². The Morgan fingerprint density at radius 1 is 1.00 bits per heavy atom. The molecule has 1 aromatic heterocycles. The van der Waals surface area contributed by atoms with Gasteiger partial charge >= 0.3 is 0 Å². The Kier molecular flexibility index (Phi) is 6.19. The molecule has 2 N–H and O–H groups in total. The third-order valence-electron chi connectivity index (χ3n) is 6.68. The van der Waals surface area contributed by atoms with E-state index >= 15 is 0 Å². The lowest BCUT2D eigenvalue weighted by Gasteiger charge is -2.37. The molecule has 2 aliphatic rings. The summed E-state index contributed by atoms with van der Waals surface area (Å²) in [6.45, 7) is 1.89. The quantitative estimate of drug-likeness (QED) is 0.549. The highest BCUT2D eigenvalue weighted by atomic mass is 16.5. The molecule has 0 saturated heterocycles. The Bertz CT molecular complexity index is 1330. The summed E-state index contributed by atoms with van der Waals surface area (Å²) >= 11 is 0. The van der Waals surface area contributed by atoms with Crippen LogP contribution in [0.3, 0.4) is 0 Å². The van der Waals surface area contributed by atoms with Gasteiger partial charge in [-0.15, -0.1) is 0 Å². The smallest absolute Gasteiger partial charge is 0.255 e. The number of rotatable bonds is 5. The Hall–Kier alpha value is -4.19. The van der Waals surface area contributed by atoms with Gasteiger partial charge in [-0.05, 0) is 54.7 Å². The van der Waals surface area contributed by atoms with Gasteiger partial charge in [0.2, 0.25) is 0 Å². The molecule has 35 heavy (non-hydrogen) atoms. The zero-order valence-corrected chi connectivity index (χ0v) is 19.7. The SMILES string of the molecule is COc1cccc([C@@H]2C(C(=O)Nc3ccccn3)=C(C)NC3=C2C(=O)C[C@@H](c2ccccc2)C3)c1. The highest BCUT2D eigenvalue weighted by Gasteiger charge is 2.41. The lowest BCUT2D eigenvalue weighted by Crippen LogP contribution is -2.37. The average molecular weight is 466 g/mol. The van der Waals surface area contributed by atoms with E-state index in [1.165, 1.54) is 0 Å². The first-order valence-electron chi connectivity index (χ1n) is 11.7. The van der Waals surface area contributed by atoms with Crippen molar-refractivity contribution in [3.05, 3.63) is 113 Å². The standard InChI is InChI=1S/C29H27N3O3/c1-18-26(29(34)32-25-13-6-7-14-30-25)27(20-11-8-12-22(15-20)35-2)28-23(31-18)16-21(17-24(28)33)19-9-4-3-5-10-19/h3-15,21,27,31H,16-17H2,1-2H3,(H,30,32,34)/t21-,27+/m0/s1. The van der Waals surface area contributed by atoms with Crippen LogP contribution in [0.2, 0.25) is 0 Å². The number of dihydropyridines is 1. The molecule has 1 aliphatic heterocycles. The van der Waals surface area contributed by atoms with Crippen molar-refractivity contribution >= 4 is 17.5 Å². The molecule has 6 nitrogen and oxygen atoms in total. The predicted octanol–water partition coefficient (Wildman–Crippen LogP) is 5.09. The lowest BCUT2D eigenvalue weighted by molar-refractivity contribution is -0.116. The van der Waals surface area contributed by atoms with Crippen LogP contribution in [0.5, 0.6) is 5.75 Å². The number of anilines is 1. The number of pyridine rings is 1. The van der Waals surface area contributed by atoms with Crippen molar-refractivity contribution in [3.63, 3.8) is 0 Å². The number of ether oxygens (including phenoxy) is 1. The van der Waals surface area contributed by atoms with Gasteiger partial charge in [0.1, 0.15) is 11.6 Å². The third-order valence-corrected chi connectivity index (χ3v) is 6.68. The predicted molar refractivity (Wildman–Crippen MR) is 135 cm³/mol. The fraction of sp³-hybridized carbons (Fsp3) is 0.207. The summed E-state index contributed by atoms with van der Waals surface area (Å²) in [7, 11) is 1.61. The van der Waals surface area contributed by atoms with Crippen molar-refractivity contribution in [1.29, 1.82) is 0 Å². The van der Waals surface area contributed by atoms with Crippen LogP contribution in [0.25, 0.3) is 0 Å². The Morgan fingerprint density at radius 2 is 1.77 bits per heavy atom. The minimum atomic E-state index is -0.505. The molecule has 0 bridgehead atoms. The molecule has 1 amide bonds. The van der Waals surface area contributed by atoms with Gasteiger partial charge < -0.3 is 15.4 Å². The summed E-state index contributed by atoms with van der Waals surface area (Å²) in [6.07, 6.45) is 2.74. The molecule has 0 spiro atoms. The number of carbonyl (C=O) groups excluding carboxylic acids is 2. The second-order valence-electron chi connectivity index (χ2n) is 8.87. The first-order valence-corrected chi connectivity index (χ1v) is 11.7. The number of allylic oxidation sites excluding steroid dienone is 3. The molecule has 1 aliphatic carbocycles. The van der Waals surface area contributed by atoms with E-state index < -0.39 is 5.92 Å². The first kappa shape index (κ1) is 22.6. The van der Waals surface area contributed by atoms with E-state index in [0.29, 0.717) is 35.6 Å². The second-order valence-corrected chi connectivity index (χ2v) is 8.87. The van der Waals surface area contributed by atoms with Crippen LogP contribution in [0.1, 0.15) is 42.7 Å². The molecule has 176 valence electrons. The van der Waals surface area contributed by atoms with E-state index in [2.05, 4.69) is 27.8 Å². The summed E-state index contributed by atoms with van der Waals surface area (Å²) in [5.41, 5.74) is 4.76. The zero-order chi connectivity index (χ0) is 24.4. The molecule has 5 rings (SSSR count). The van der Waals surface area contributed by atoms with Gasteiger partial charge in [-0.2, -0.15) is 0 Å². The summed E-state index contributed by atoms with van der Waals surface area (Å²) in [5, 5.41) is 6.32. The van der Waals surface area contributed by atoms with Crippen molar-refractivity contribution in [2.24, 2.45) is 0 Å². The van der Waals surface area contributed by atoms with Crippen LogP contribution >= 0.6 is 0 Å². The number of nitrogens with one attached hydrogen (secondary N) is 2. The number of carbonyl (C=O) groups is 2. The summed E-state index contributed by atoms with van der Waals surface area (Å²) < 4.78 is 5.46. The first-order chi connectivity index (χ1) is 17.0. The van der Waals surface area contributed by atoms with Gasteiger partial charge in [0, 0.05) is 41.1 Å². The van der Waals surface area contributed by atoms with Crippen molar-refractivity contribution < 1.29 is 14.3 Å². The van der Waals surface area contributed by atoms with Gasteiger partial charge in [0.05, 0.1) is 7.11 Å². The Morgan fingerprint density at radius 3 is 2.51 bits per heavy atom. The number of benzene rings is 2. The maximum atomic E-state index is 13.7. The molecule has 0 saturated carbocycles. The summed E-state index contributed by atoms with van der Waals surface area (Å²) in [6, 6.07) is 23.1. The minimum Gasteiger partial charge on any atom is -0.497 e. The van der Waals surface area contributed by atoms with Gasteiger partial charge in [-0.25, -0.2) is 4.98 Å². The number of methoxy groups -OCH3 is 1. The average Bonchev–Trinajstić information content (AvgIpc) is 2.88. The minimum absolute atomic E-state index is 0.0519. The van der Waals surface area contributed by atoms with Gasteiger partial charge in [-0.3, -0.25) is 9.59 Å². The van der Waals surface area contributed by atoms with E-state index in [4.69, 9.17) is 4.74 Å². The molecular weight excluding hydrogens is 438 g/mol. The normalized spacial score (nSPS) is 19.7. The second kappa shape index (κ2) is 9.58. The fourth-order valence-electron chi connectivity index (χ4n) is 5.08. The van der Waals surface area contributed by atoms with Crippen molar-refractivity contribution in [2.75, 3.05) is 12.4 Å². The number of hydrogen-bond donors (Lipinski definition) is 2. The number of Topliss-reactive ketones (excluding diaryl/α,β-unsaturated/α-hetero) is 1. The number of nitrogens with zero attached hydrogens (tertiary/aromatic N) is 1. The van der Waals surface area contributed by atoms with E-state index in [9.17, 15) is 9.59 Å². The van der Waals surface area contributed by atoms with Crippen LogP contribution in [0.4, 0.5) is 5.82 Å². The van der Waals surface area contributed by atoms with Crippen LogP contribution in [-0.4, -0.2) is 23.8 Å². The molecule has 6 heteroatoms. The van der Waals surface area contributed by atoms with Crippen LogP contribution in [-0.2, 0) is 9.59 Å². The van der Waals surface area contributed by atoms with E-state index in [1.54, 1.807) is 25.4 Å². The van der Waals surface area contributed by atoms with Gasteiger partial charge in [0.15, 0.2) is 5.78 Å². The fourth-order valence-corrected chi connectivity index (χ4v) is 5.08. The maximum absolute atomic E-state index is 13.7. The number of amides is 1. The molecular formula is C29H27N3O3. The van der Waals surface area contributed by atoms with E-state index in [1.807, 2.05) is 55.5 Å². The lowest BCUT2D eigenvalue weighted by atomic mass is 9.71. The van der Waals surface area contributed by atoms with E-state index in [0.717, 1.165) is 22.5 Å². The van der Waals surface area contributed by atoms with Crippen LogP contribution in [0, 0.1) is 0 Å². The largest absolute Gasteiger partial charge is 0.497 e.